The number of nitrogens with two attached hydrogens (primary N) is 1. The van der Waals surface area contributed by atoms with Crippen molar-refractivity contribution in [3.05, 3.63) is 28.2 Å². The van der Waals surface area contributed by atoms with Gasteiger partial charge in [-0.1, -0.05) is 35.8 Å². The molecule has 0 saturated carbocycles. The van der Waals surface area contributed by atoms with Crippen molar-refractivity contribution in [1.29, 1.82) is 0 Å². The van der Waals surface area contributed by atoms with E-state index in [9.17, 15) is 0 Å². The zero-order chi connectivity index (χ0) is 10.6. The molecule has 0 fully saturated rings. The summed E-state index contributed by atoms with van der Waals surface area (Å²) in [5, 5.41) is 0. The molecule has 0 heterocycles. The molecule has 2 N–H and O–H groups in total. The van der Waals surface area contributed by atoms with Crippen LogP contribution in [0.25, 0.3) is 0 Å². The summed E-state index contributed by atoms with van der Waals surface area (Å²) in [4.78, 5) is 0. The average molecular weight is 295 g/mol. The average Bonchev–Trinajstić information content (AvgIpc) is 2.15. The van der Waals surface area contributed by atoms with Crippen molar-refractivity contribution in [2.45, 2.75) is 20.4 Å². The van der Waals surface area contributed by atoms with Crippen LogP contribution in [0.3, 0.4) is 0 Å². The maximum absolute atomic E-state index is 5.66. The van der Waals surface area contributed by atoms with E-state index in [0.717, 1.165) is 22.4 Å². The van der Waals surface area contributed by atoms with E-state index in [1.807, 2.05) is 18.2 Å². The van der Waals surface area contributed by atoms with Crippen LogP contribution in [0.15, 0.2) is 22.7 Å². The van der Waals surface area contributed by atoms with Gasteiger partial charge in [-0.05, 0) is 18.1 Å². The highest BCUT2D eigenvalue weighted by Gasteiger charge is 2.03. The molecule has 15 heavy (non-hydrogen) atoms. The first-order valence-corrected chi connectivity index (χ1v) is 5.54. The van der Waals surface area contributed by atoms with E-state index < -0.39 is 0 Å². The van der Waals surface area contributed by atoms with E-state index in [-0.39, 0.29) is 12.4 Å². The van der Waals surface area contributed by atoms with Crippen LogP contribution in [0.2, 0.25) is 0 Å². The van der Waals surface area contributed by atoms with Gasteiger partial charge in [0, 0.05) is 16.6 Å². The van der Waals surface area contributed by atoms with Crippen LogP contribution in [-0.4, -0.2) is 6.61 Å². The van der Waals surface area contributed by atoms with Gasteiger partial charge in [0.05, 0.1) is 6.61 Å². The lowest BCUT2D eigenvalue weighted by Crippen LogP contribution is -2.07. The number of rotatable bonds is 4. The Labute approximate surface area is 106 Å². The Morgan fingerprint density at radius 2 is 2.07 bits per heavy atom. The molecule has 0 aliphatic rings. The van der Waals surface area contributed by atoms with Crippen LogP contribution < -0.4 is 10.5 Å². The van der Waals surface area contributed by atoms with E-state index in [1.54, 1.807) is 0 Å². The molecule has 0 spiro atoms. The molecule has 0 radical (unpaired) electrons. The van der Waals surface area contributed by atoms with Gasteiger partial charge in [-0.15, -0.1) is 12.4 Å². The highest BCUT2D eigenvalue weighted by Crippen LogP contribution is 2.23. The van der Waals surface area contributed by atoms with Gasteiger partial charge < -0.3 is 10.5 Å². The summed E-state index contributed by atoms with van der Waals surface area (Å²) in [5.74, 6) is 1.41. The fourth-order valence-electron chi connectivity index (χ4n) is 1.09. The Kier molecular flexibility index (Phi) is 6.98. The van der Waals surface area contributed by atoms with Crippen LogP contribution in [0.4, 0.5) is 0 Å². The van der Waals surface area contributed by atoms with Gasteiger partial charge in [0.1, 0.15) is 5.75 Å². The van der Waals surface area contributed by atoms with Gasteiger partial charge >= 0.3 is 0 Å². The van der Waals surface area contributed by atoms with Crippen molar-refractivity contribution in [2.75, 3.05) is 6.61 Å². The van der Waals surface area contributed by atoms with Gasteiger partial charge in [0.15, 0.2) is 0 Å². The van der Waals surface area contributed by atoms with Crippen LogP contribution >= 0.6 is 28.3 Å². The highest BCUT2D eigenvalue weighted by molar-refractivity contribution is 9.10. The molecular formula is C11H17BrClNO. The third kappa shape index (κ3) is 4.87. The van der Waals surface area contributed by atoms with Gasteiger partial charge in [0.25, 0.3) is 0 Å². The lowest BCUT2D eigenvalue weighted by molar-refractivity contribution is 0.268. The third-order valence-electron chi connectivity index (χ3n) is 1.82. The van der Waals surface area contributed by atoms with Crippen LogP contribution in [0, 0.1) is 5.92 Å². The van der Waals surface area contributed by atoms with Crippen LogP contribution in [0.1, 0.15) is 19.4 Å². The minimum absolute atomic E-state index is 0. The summed E-state index contributed by atoms with van der Waals surface area (Å²) in [6.07, 6.45) is 0. The third-order valence-corrected chi connectivity index (χ3v) is 2.31. The first-order valence-electron chi connectivity index (χ1n) is 4.74. The molecule has 0 aliphatic carbocycles. The first kappa shape index (κ1) is 14.8. The van der Waals surface area contributed by atoms with Gasteiger partial charge in [-0.3, -0.25) is 0 Å². The predicted molar refractivity (Wildman–Crippen MR) is 69.6 cm³/mol. The molecule has 0 atom stereocenters. The summed E-state index contributed by atoms with van der Waals surface area (Å²) in [5.41, 5.74) is 6.66. The second-order valence-electron chi connectivity index (χ2n) is 3.66. The maximum Gasteiger partial charge on any atom is 0.124 e. The van der Waals surface area contributed by atoms with Gasteiger partial charge in [-0.25, -0.2) is 0 Å². The van der Waals surface area contributed by atoms with Gasteiger partial charge in [-0.2, -0.15) is 0 Å². The van der Waals surface area contributed by atoms with E-state index in [0.29, 0.717) is 12.5 Å². The molecule has 0 aliphatic heterocycles. The zero-order valence-electron chi connectivity index (χ0n) is 9.00. The molecule has 0 unspecified atom stereocenters. The lowest BCUT2D eigenvalue weighted by atomic mass is 10.2. The molecule has 0 aromatic heterocycles. The van der Waals surface area contributed by atoms with Crippen molar-refractivity contribution in [1.82, 2.24) is 0 Å². The standard InChI is InChI=1S/C11H16BrNO.ClH/c1-8(2)7-14-11-5-10(12)4-3-9(11)6-13;/h3-5,8H,6-7,13H2,1-2H3;1H. The maximum atomic E-state index is 5.66. The number of ether oxygens (including phenoxy) is 1. The summed E-state index contributed by atoms with van der Waals surface area (Å²) >= 11 is 3.41. The topological polar surface area (TPSA) is 35.2 Å². The Morgan fingerprint density at radius 1 is 1.40 bits per heavy atom. The number of halogens is 2. The fraction of sp³-hybridized carbons (Fsp3) is 0.455. The van der Waals surface area contributed by atoms with Crippen molar-refractivity contribution < 1.29 is 4.74 Å². The summed E-state index contributed by atoms with van der Waals surface area (Å²) in [7, 11) is 0. The largest absolute Gasteiger partial charge is 0.493 e. The molecule has 1 aromatic carbocycles. The highest BCUT2D eigenvalue weighted by atomic mass is 79.9. The number of hydrogen-bond donors (Lipinski definition) is 1. The molecule has 1 aromatic rings. The Bertz CT molecular complexity index is 305. The Hall–Kier alpha value is -0.250. The van der Waals surface area contributed by atoms with Crippen molar-refractivity contribution in [3.8, 4) is 5.75 Å². The van der Waals surface area contributed by atoms with E-state index in [4.69, 9.17) is 10.5 Å². The second-order valence-corrected chi connectivity index (χ2v) is 4.58. The van der Waals surface area contributed by atoms with Crippen LogP contribution in [0.5, 0.6) is 5.75 Å². The molecule has 4 heteroatoms. The van der Waals surface area contributed by atoms with Crippen molar-refractivity contribution in [2.24, 2.45) is 11.7 Å². The second kappa shape index (κ2) is 7.09. The summed E-state index contributed by atoms with van der Waals surface area (Å²) < 4.78 is 6.68. The molecule has 0 bridgehead atoms. The number of benzene rings is 1. The minimum Gasteiger partial charge on any atom is -0.493 e. The SMILES string of the molecule is CC(C)COc1cc(Br)ccc1CN.Cl. The predicted octanol–water partition coefficient (Wildman–Crippen LogP) is 3.36. The Balaban J connectivity index is 0.00000196. The normalized spacial score (nSPS) is 9.93. The fourth-order valence-corrected chi connectivity index (χ4v) is 1.43. The monoisotopic (exact) mass is 293 g/mol. The molecule has 1 rings (SSSR count). The minimum atomic E-state index is 0. The number of hydrogen-bond acceptors (Lipinski definition) is 2. The summed E-state index contributed by atoms with van der Waals surface area (Å²) in [6, 6.07) is 5.93. The van der Waals surface area contributed by atoms with Gasteiger partial charge in [0.2, 0.25) is 0 Å². The van der Waals surface area contributed by atoms with Crippen molar-refractivity contribution >= 4 is 28.3 Å². The smallest absolute Gasteiger partial charge is 0.124 e. The first-order chi connectivity index (χ1) is 6.63. The molecule has 2 nitrogen and oxygen atoms in total. The Morgan fingerprint density at radius 3 is 2.60 bits per heavy atom. The van der Waals surface area contributed by atoms with Crippen molar-refractivity contribution in [3.63, 3.8) is 0 Å². The van der Waals surface area contributed by atoms with E-state index in [1.165, 1.54) is 0 Å². The molecule has 0 amide bonds. The molecule has 0 saturated heterocycles. The lowest BCUT2D eigenvalue weighted by Gasteiger charge is -2.12. The van der Waals surface area contributed by atoms with Crippen LogP contribution in [-0.2, 0) is 6.54 Å². The van der Waals surface area contributed by atoms with E-state index >= 15 is 0 Å². The van der Waals surface area contributed by atoms with E-state index in [2.05, 4.69) is 29.8 Å². The zero-order valence-corrected chi connectivity index (χ0v) is 11.4. The molecular weight excluding hydrogens is 277 g/mol. The quantitative estimate of drug-likeness (QED) is 0.924. The molecule has 86 valence electrons. The summed E-state index contributed by atoms with van der Waals surface area (Å²) in [6.45, 7) is 5.49.